The Labute approximate surface area is 68.3 Å². The number of aromatic nitrogens is 3. The Morgan fingerprint density at radius 3 is 3.00 bits per heavy atom. The summed E-state index contributed by atoms with van der Waals surface area (Å²) in [5.41, 5.74) is 2.82. The summed E-state index contributed by atoms with van der Waals surface area (Å²) in [4.78, 5) is 20.3. The largest absolute Gasteiger partial charge is 0.293 e. The van der Waals surface area contributed by atoms with Gasteiger partial charge in [-0.25, -0.2) is 10.4 Å². The van der Waals surface area contributed by atoms with E-state index in [4.69, 9.17) is 0 Å². The number of hydrogen-bond acceptors (Lipinski definition) is 4. The van der Waals surface area contributed by atoms with Gasteiger partial charge in [0.15, 0.2) is 5.71 Å². The normalized spacial score (nSPS) is 18.2. The van der Waals surface area contributed by atoms with E-state index in [1.165, 1.54) is 4.79 Å². The fraction of sp³-hybridized carbons (Fsp3) is 0.333. The minimum absolute atomic E-state index is 0.257. The third-order valence-corrected chi connectivity index (χ3v) is 1.57. The average Bonchev–Trinajstić information content (AvgIpc) is 2.43. The Morgan fingerprint density at radius 2 is 2.33 bits per heavy atom. The molecule has 0 bridgehead atoms. The van der Waals surface area contributed by atoms with Crippen molar-refractivity contribution in [3.63, 3.8) is 0 Å². The van der Waals surface area contributed by atoms with Gasteiger partial charge in [-0.2, -0.15) is 0 Å². The molecular formula is C6H7N5O. The number of fused-ring (bicyclic) bond motifs is 1. The van der Waals surface area contributed by atoms with Gasteiger partial charge < -0.3 is 0 Å². The Balaban J connectivity index is 2.59. The van der Waals surface area contributed by atoms with E-state index in [1.54, 1.807) is 14.0 Å². The number of nitrogens with zero attached hydrogens (tertiary/aromatic N) is 4. The molecule has 0 radical (unpaired) electrons. The Kier molecular flexibility index (Phi) is 1.24. The van der Waals surface area contributed by atoms with Gasteiger partial charge in [0.25, 0.3) is 5.91 Å². The van der Waals surface area contributed by atoms with Gasteiger partial charge in [-0.15, -0.1) is 9.89 Å². The molecular weight excluding hydrogens is 158 g/mol. The molecule has 6 heteroatoms. The van der Waals surface area contributed by atoms with Crippen LogP contribution in [0.2, 0.25) is 0 Å². The first kappa shape index (κ1) is 6.96. The van der Waals surface area contributed by atoms with E-state index in [0.717, 1.165) is 0 Å². The van der Waals surface area contributed by atoms with Gasteiger partial charge >= 0.3 is 0 Å². The molecule has 1 aliphatic rings. The summed E-state index contributed by atoms with van der Waals surface area (Å²) >= 11 is 0. The second kappa shape index (κ2) is 2.13. The van der Waals surface area contributed by atoms with Crippen molar-refractivity contribution in [1.82, 2.24) is 14.9 Å². The lowest BCUT2D eigenvalue weighted by molar-refractivity contribution is -0.110. The maximum Gasteiger partial charge on any atom is 0.293 e. The van der Waals surface area contributed by atoms with Gasteiger partial charge in [0.1, 0.15) is 5.82 Å². The highest BCUT2D eigenvalue weighted by Gasteiger charge is 2.28. The highest BCUT2D eigenvalue weighted by Crippen LogP contribution is 2.05. The van der Waals surface area contributed by atoms with Crippen molar-refractivity contribution < 1.29 is 4.79 Å². The van der Waals surface area contributed by atoms with E-state index in [2.05, 4.69) is 20.5 Å². The first-order valence-corrected chi connectivity index (χ1v) is 3.44. The zero-order valence-corrected chi connectivity index (χ0v) is 6.70. The van der Waals surface area contributed by atoms with Crippen LogP contribution in [0.4, 0.5) is 0 Å². The van der Waals surface area contributed by atoms with Crippen LogP contribution < -0.4 is 5.43 Å². The molecule has 62 valence electrons. The molecule has 0 saturated heterocycles. The number of amides is 1. The van der Waals surface area contributed by atoms with E-state index in [0.29, 0.717) is 17.4 Å². The number of carbonyl (C=O) groups is 1. The van der Waals surface area contributed by atoms with Crippen molar-refractivity contribution in [3.05, 3.63) is 11.6 Å². The Bertz CT molecular complexity index is 377. The van der Waals surface area contributed by atoms with Crippen LogP contribution in [0.3, 0.4) is 0 Å². The Hall–Kier alpha value is -1.72. The van der Waals surface area contributed by atoms with E-state index >= 15 is 0 Å². The van der Waals surface area contributed by atoms with Gasteiger partial charge in [0.2, 0.25) is 5.82 Å². The van der Waals surface area contributed by atoms with Crippen molar-refractivity contribution in [3.8, 4) is 0 Å². The van der Waals surface area contributed by atoms with Crippen molar-refractivity contribution in [2.24, 2.45) is 4.99 Å². The first-order chi connectivity index (χ1) is 5.72. The van der Waals surface area contributed by atoms with Crippen LogP contribution >= 0.6 is 0 Å². The van der Waals surface area contributed by atoms with Gasteiger partial charge in [0.05, 0.1) is 0 Å². The lowest BCUT2D eigenvalue weighted by Gasteiger charge is -1.89. The van der Waals surface area contributed by atoms with Crippen LogP contribution in [0.15, 0.2) is 4.99 Å². The number of aliphatic imine (C=N–C) groups is 1. The average molecular weight is 165 g/mol. The molecule has 0 saturated carbocycles. The van der Waals surface area contributed by atoms with Crippen molar-refractivity contribution in [2.45, 2.75) is 6.92 Å². The minimum Gasteiger partial charge on any atom is -0.280 e. The van der Waals surface area contributed by atoms with Crippen molar-refractivity contribution >= 4 is 11.6 Å². The number of carbonyl (C=O) groups excluding carboxylic acids is 1. The highest BCUT2D eigenvalue weighted by molar-refractivity contribution is 6.48. The molecule has 12 heavy (non-hydrogen) atoms. The van der Waals surface area contributed by atoms with E-state index in [-0.39, 0.29) is 5.91 Å². The molecule has 0 unspecified atom stereocenters. The third kappa shape index (κ3) is 0.744. The smallest absolute Gasteiger partial charge is 0.280 e. The lowest BCUT2D eigenvalue weighted by Crippen LogP contribution is -2.19. The van der Waals surface area contributed by atoms with Gasteiger partial charge in [-0.1, -0.05) is 0 Å². The summed E-state index contributed by atoms with van der Waals surface area (Å²) in [5, 5.41) is 3.93. The maximum atomic E-state index is 11.1. The van der Waals surface area contributed by atoms with Crippen molar-refractivity contribution in [2.75, 3.05) is 12.5 Å². The fourth-order valence-corrected chi connectivity index (χ4v) is 1.10. The van der Waals surface area contributed by atoms with Gasteiger partial charge in [-0.3, -0.25) is 9.79 Å². The number of aryl methyl sites for hydroxylation is 1. The van der Waals surface area contributed by atoms with Crippen molar-refractivity contribution in [1.29, 1.82) is 0 Å². The van der Waals surface area contributed by atoms with E-state index in [1.807, 2.05) is 0 Å². The van der Waals surface area contributed by atoms with Crippen LogP contribution in [-0.2, 0) is 4.79 Å². The molecule has 1 N–H and O–H groups in total. The zero-order chi connectivity index (χ0) is 8.72. The number of nitrogens with one attached hydrogen (secondary N) is 1. The number of rotatable bonds is 0. The summed E-state index contributed by atoms with van der Waals surface area (Å²) in [7, 11) is 1.55. The van der Waals surface area contributed by atoms with Crippen LogP contribution in [-0.4, -0.2) is 33.5 Å². The molecule has 1 aromatic heterocycles. The Morgan fingerprint density at radius 1 is 1.58 bits per heavy atom. The SMILES string of the molecule is CN=C1C(=O)Nn2nc(C)nc21. The fourth-order valence-electron chi connectivity index (χ4n) is 1.10. The summed E-state index contributed by atoms with van der Waals surface area (Å²) in [6.07, 6.45) is 0. The maximum absolute atomic E-state index is 11.1. The third-order valence-electron chi connectivity index (χ3n) is 1.57. The molecule has 1 amide bonds. The molecule has 2 rings (SSSR count). The molecule has 2 heterocycles. The second-order valence-corrected chi connectivity index (χ2v) is 2.41. The lowest BCUT2D eigenvalue weighted by atomic mass is 10.3. The zero-order valence-electron chi connectivity index (χ0n) is 6.70. The second-order valence-electron chi connectivity index (χ2n) is 2.41. The van der Waals surface area contributed by atoms with Crippen LogP contribution in [0.25, 0.3) is 0 Å². The van der Waals surface area contributed by atoms with E-state index in [9.17, 15) is 4.79 Å². The molecule has 0 aromatic carbocycles. The van der Waals surface area contributed by atoms with Gasteiger partial charge in [0, 0.05) is 7.05 Å². The van der Waals surface area contributed by atoms with Crippen LogP contribution in [0, 0.1) is 6.92 Å². The summed E-state index contributed by atoms with van der Waals surface area (Å²) in [6, 6.07) is 0. The molecule has 1 aromatic rings. The quantitative estimate of drug-likeness (QED) is 0.541. The molecule has 0 aliphatic carbocycles. The molecule has 0 fully saturated rings. The topological polar surface area (TPSA) is 72.2 Å². The number of hydrogen-bond donors (Lipinski definition) is 1. The monoisotopic (exact) mass is 165 g/mol. The molecule has 6 nitrogen and oxygen atoms in total. The summed E-state index contributed by atoms with van der Waals surface area (Å²) in [5.74, 6) is 0.846. The summed E-state index contributed by atoms with van der Waals surface area (Å²) in [6.45, 7) is 1.75. The van der Waals surface area contributed by atoms with Gasteiger partial charge in [-0.05, 0) is 6.92 Å². The molecule has 0 atom stereocenters. The molecule has 0 spiro atoms. The standard InChI is InChI=1S/C6H7N5O/c1-3-8-5-4(7-2)6(12)10-11(5)9-3/h1-2H3,(H,10,12). The summed E-state index contributed by atoms with van der Waals surface area (Å²) < 4.78 is 0. The molecule has 1 aliphatic heterocycles. The predicted molar refractivity (Wildman–Crippen MR) is 41.6 cm³/mol. The van der Waals surface area contributed by atoms with E-state index < -0.39 is 0 Å². The highest BCUT2D eigenvalue weighted by atomic mass is 16.2. The predicted octanol–water partition coefficient (Wildman–Crippen LogP) is -0.911. The van der Waals surface area contributed by atoms with Crippen LogP contribution in [0.1, 0.15) is 11.6 Å². The first-order valence-electron chi connectivity index (χ1n) is 3.44. The minimum atomic E-state index is -0.257. The van der Waals surface area contributed by atoms with Crippen LogP contribution in [0.5, 0.6) is 0 Å².